The molecule has 1 unspecified atom stereocenters. The predicted octanol–water partition coefficient (Wildman–Crippen LogP) is 4.19. The van der Waals surface area contributed by atoms with Gasteiger partial charge in [-0.05, 0) is 29.7 Å². The number of halogens is 1. The van der Waals surface area contributed by atoms with E-state index in [1.54, 1.807) is 17.4 Å². The van der Waals surface area contributed by atoms with Crippen LogP contribution in [0.5, 0.6) is 0 Å². The number of nitrogens with zero attached hydrogens (tertiary/aromatic N) is 1. The Morgan fingerprint density at radius 3 is 3.05 bits per heavy atom. The zero-order valence-electron chi connectivity index (χ0n) is 10.8. The summed E-state index contributed by atoms with van der Waals surface area (Å²) in [5.41, 5.74) is 3.62. The zero-order valence-corrected chi connectivity index (χ0v) is 11.6. The van der Waals surface area contributed by atoms with E-state index >= 15 is 0 Å². The molecule has 100 valence electrons. The molecule has 20 heavy (non-hydrogen) atoms. The van der Waals surface area contributed by atoms with Crippen molar-refractivity contribution in [3.05, 3.63) is 59.4 Å². The third kappa shape index (κ3) is 1.96. The van der Waals surface area contributed by atoms with E-state index in [-0.39, 0.29) is 5.82 Å². The fraction of sp³-hybridized carbons (Fsp3) is 0.188. The summed E-state index contributed by atoms with van der Waals surface area (Å²) in [6.45, 7) is 0.888. The fourth-order valence-corrected chi connectivity index (χ4v) is 3.58. The Bertz CT molecular complexity index is 781. The van der Waals surface area contributed by atoms with Crippen molar-refractivity contribution in [3.8, 4) is 0 Å². The Kier molecular flexibility index (Phi) is 2.70. The van der Waals surface area contributed by atoms with E-state index in [4.69, 9.17) is 0 Å². The number of fused-ring (bicyclic) bond motifs is 2. The summed E-state index contributed by atoms with van der Waals surface area (Å²) in [6, 6.07) is 13.3. The van der Waals surface area contributed by atoms with E-state index in [0.717, 1.165) is 28.3 Å². The molecule has 0 bridgehead atoms. The number of rotatable bonds is 3. The predicted molar refractivity (Wildman–Crippen MR) is 81.0 cm³/mol. The van der Waals surface area contributed by atoms with Gasteiger partial charge < -0.3 is 5.32 Å². The molecule has 0 fully saturated rings. The summed E-state index contributed by atoms with van der Waals surface area (Å²) in [4.78, 5) is 4.43. The highest BCUT2D eigenvalue weighted by Gasteiger charge is 2.25. The normalized spacial score (nSPS) is 16.8. The number of hydrogen-bond donors (Lipinski definition) is 1. The number of benzene rings is 2. The minimum Gasteiger partial charge on any atom is -0.361 e. The lowest BCUT2D eigenvalue weighted by Gasteiger charge is -2.30. The maximum Gasteiger partial charge on any atom is 0.183 e. The Hall–Kier alpha value is -1.94. The Morgan fingerprint density at radius 2 is 2.15 bits per heavy atom. The van der Waals surface area contributed by atoms with Crippen LogP contribution in [0.25, 0.3) is 10.2 Å². The van der Waals surface area contributed by atoms with E-state index in [2.05, 4.69) is 34.6 Å². The molecule has 0 spiro atoms. The van der Waals surface area contributed by atoms with E-state index in [1.165, 1.54) is 23.3 Å². The summed E-state index contributed by atoms with van der Waals surface area (Å²) in [5, 5.41) is 4.25. The molecule has 1 aromatic heterocycles. The largest absolute Gasteiger partial charge is 0.361 e. The number of aromatic nitrogens is 1. The van der Waals surface area contributed by atoms with Crippen molar-refractivity contribution in [2.75, 3.05) is 11.9 Å². The van der Waals surface area contributed by atoms with Gasteiger partial charge in [-0.1, -0.05) is 35.6 Å². The molecule has 1 aliphatic rings. The average Bonchev–Trinajstić information content (AvgIpc) is 2.81. The summed E-state index contributed by atoms with van der Waals surface area (Å²) in [7, 11) is 0. The smallest absolute Gasteiger partial charge is 0.183 e. The first-order valence-corrected chi connectivity index (χ1v) is 7.49. The van der Waals surface area contributed by atoms with Gasteiger partial charge in [-0.15, -0.1) is 0 Å². The molecular formula is C16H13FN2S. The van der Waals surface area contributed by atoms with Gasteiger partial charge in [-0.25, -0.2) is 9.37 Å². The van der Waals surface area contributed by atoms with Crippen LogP contribution in [0, 0.1) is 5.82 Å². The van der Waals surface area contributed by atoms with Crippen molar-refractivity contribution in [2.45, 2.75) is 12.3 Å². The fourth-order valence-electron chi connectivity index (χ4n) is 2.73. The van der Waals surface area contributed by atoms with Gasteiger partial charge >= 0.3 is 0 Å². The Labute approximate surface area is 120 Å². The first-order chi connectivity index (χ1) is 9.79. The molecule has 4 heteroatoms. The summed E-state index contributed by atoms with van der Waals surface area (Å²) < 4.78 is 14.1. The van der Waals surface area contributed by atoms with Crippen molar-refractivity contribution in [3.63, 3.8) is 0 Å². The number of thiazole rings is 1. The van der Waals surface area contributed by atoms with Crippen LogP contribution in [-0.4, -0.2) is 11.5 Å². The molecule has 1 atom stereocenters. The van der Waals surface area contributed by atoms with Gasteiger partial charge in [0.25, 0.3) is 0 Å². The van der Waals surface area contributed by atoms with E-state index in [9.17, 15) is 4.39 Å². The molecular weight excluding hydrogens is 271 g/mol. The molecule has 0 radical (unpaired) electrons. The molecule has 1 heterocycles. The second-order valence-corrected chi connectivity index (χ2v) is 6.14. The number of nitrogens with one attached hydrogen (secondary N) is 1. The van der Waals surface area contributed by atoms with E-state index in [1.807, 2.05) is 0 Å². The number of anilines is 1. The lowest BCUT2D eigenvalue weighted by molar-refractivity contribution is 0.629. The SMILES string of the molecule is Fc1ccc2sc(NCC3Cc4ccccc43)nc2c1. The van der Waals surface area contributed by atoms with Crippen LogP contribution in [-0.2, 0) is 6.42 Å². The average molecular weight is 284 g/mol. The standard InChI is InChI=1S/C16H13FN2S/c17-12-5-6-15-14(8-12)19-16(20-15)18-9-11-7-10-3-1-2-4-13(10)11/h1-6,8,11H,7,9H2,(H,18,19). The van der Waals surface area contributed by atoms with Crippen LogP contribution in [0.15, 0.2) is 42.5 Å². The monoisotopic (exact) mass is 284 g/mol. The van der Waals surface area contributed by atoms with Crippen molar-refractivity contribution in [2.24, 2.45) is 0 Å². The second kappa shape index (κ2) is 4.56. The Balaban J connectivity index is 1.49. The lowest BCUT2D eigenvalue weighted by atomic mass is 9.78. The van der Waals surface area contributed by atoms with Gasteiger partial charge in [0.05, 0.1) is 10.2 Å². The second-order valence-electron chi connectivity index (χ2n) is 5.11. The first kappa shape index (κ1) is 11.9. The zero-order chi connectivity index (χ0) is 13.5. The first-order valence-electron chi connectivity index (χ1n) is 6.67. The van der Waals surface area contributed by atoms with E-state index < -0.39 is 0 Å². The van der Waals surface area contributed by atoms with Crippen LogP contribution in [0.2, 0.25) is 0 Å². The topological polar surface area (TPSA) is 24.9 Å². The minimum atomic E-state index is -0.234. The molecule has 0 amide bonds. The molecule has 1 N–H and O–H groups in total. The van der Waals surface area contributed by atoms with Gasteiger partial charge in [-0.3, -0.25) is 0 Å². The van der Waals surface area contributed by atoms with Crippen LogP contribution < -0.4 is 5.32 Å². The van der Waals surface area contributed by atoms with Crippen LogP contribution in [0.4, 0.5) is 9.52 Å². The van der Waals surface area contributed by atoms with Crippen molar-refractivity contribution >= 4 is 26.7 Å². The van der Waals surface area contributed by atoms with Crippen LogP contribution in [0.1, 0.15) is 17.0 Å². The maximum absolute atomic E-state index is 13.1. The highest BCUT2D eigenvalue weighted by molar-refractivity contribution is 7.22. The van der Waals surface area contributed by atoms with E-state index in [0.29, 0.717) is 5.92 Å². The minimum absolute atomic E-state index is 0.234. The summed E-state index contributed by atoms with van der Waals surface area (Å²) in [5.74, 6) is 0.331. The molecule has 0 saturated carbocycles. The van der Waals surface area contributed by atoms with Crippen molar-refractivity contribution in [1.82, 2.24) is 4.98 Å². The van der Waals surface area contributed by atoms with Crippen molar-refractivity contribution in [1.29, 1.82) is 0 Å². The third-order valence-electron chi connectivity index (χ3n) is 3.81. The van der Waals surface area contributed by atoms with Crippen LogP contribution >= 0.6 is 11.3 Å². The maximum atomic E-state index is 13.1. The molecule has 0 aliphatic heterocycles. The summed E-state index contributed by atoms with van der Waals surface area (Å²) in [6.07, 6.45) is 1.13. The number of hydrogen-bond acceptors (Lipinski definition) is 3. The highest BCUT2D eigenvalue weighted by Crippen LogP contribution is 2.35. The molecule has 3 aromatic rings. The molecule has 1 aliphatic carbocycles. The molecule has 4 rings (SSSR count). The van der Waals surface area contributed by atoms with Gasteiger partial charge in [0, 0.05) is 18.5 Å². The molecule has 0 saturated heterocycles. The summed E-state index contributed by atoms with van der Waals surface area (Å²) >= 11 is 1.57. The van der Waals surface area contributed by atoms with Gasteiger partial charge in [0.1, 0.15) is 5.82 Å². The van der Waals surface area contributed by atoms with Gasteiger partial charge in [0.15, 0.2) is 5.13 Å². The molecule has 2 nitrogen and oxygen atoms in total. The highest BCUT2D eigenvalue weighted by atomic mass is 32.1. The Morgan fingerprint density at radius 1 is 1.25 bits per heavy atom. The van der Waals surface area contributed by atoms with Crippen molar-refractivity contribution < 1.29 is 4.39 Å². The lowest BCUT2D eigenvalue weighted by Crippen LogP contribution is -2.24. The van der Waals surface area contributed by atoms with Gasteiger partial charge in [0.2, 0.25) is 0 Å². The van der Waals surface area contributed by atoms with Crippen LogP contribution in [0.3, 0.4) is 0 Å². The van der Waals surface area contributed by atoms with Gasteiger partial charge in [-0.2, -0.15) is 0 Å². The molecule has 2 aromatic carbocycles. The third-order valence-corrected chi connectivity index (χ3v) is 4.80. The quantitative estimate of drug-likeness (QED) is 0.780.